The fraction of sp³-hybridized carbons (Fsp3) is 0.226. The van der Waals surface area contributed by atoms with Crippen LogP contribution in [0.25, 0.3) is 10.8 Å². The van der Waals surface area contributed by atoms with Crippen LogP contribution in [-0.4, -0.2) is 53.4 Å². The van der Waals surface area contributed by atoms with Crippen molar-refractivity contribution in [2.24, 2.45) is 0 Å². The Labute approximate surface area is 222 Å². The van der Waals surface area contributed by atoms with Gasteiger partial charge in [-0.1, -0.05) is 78.9 Å². The topological polar surface area (TPSA) is 99.1 Å². The minimum atomic E-state index is -1.16. The number of para-hydroxylation sites is 2. The van der Waals surface area contributed by atoms with Gasteiger partial charge in [0.25, 0.3) is 0 Å². The van der Waals surface area contributed by atoms with E-state index < -0.39 is 6.09 Å². The zero-order valence-electron chi connectivity index (χ0n) is 21.1. The number of aromatic hydroxyl groups is 1. The van der Waals surface area contributed by atoms with Crippen LogP contribution in [0.15, 0.2) is 97.1 Å². The summed E-state index contributed by atoms with van der Waals surface area (Å²) in [5, 5.41) is 23.7. The molecule has 2 amide bonds. The Morgan fingerprint density at radius 2 is 1.58 bits per heavy atom. The molecule has 1 atom stereocenters. The van der Waals surface area contributed by atoms with Crippen LogP contribution in [-0.2, 0) is 11.2 Å². The Bertz CT molecular complexity index is 1360. The van der Waals surface area contributed by atoms with Crippen LogP contribution >= 0.6 is 0 Å². The highest BCUT2D eigenvalue weighted by atomic mass is 16.5. The number of phenols is 1. The summed E-state index contributed by atoms with van der Waals surface area (Å²) < 4.78 is 6.14. The van der Waals surface area contributed by atoms with Crippen molar-refractivity contribution in [2.45, 2.75) is 18.8 Å². The van der Waals surface area contributed by atoms with E-state index in [2.05, 4.69) is 35.6 Å². The number of nitrogens with zero attached hydrogens (tertiary/aromatic N) is 1. The van der Waals surface area contributed by atoms with Crippen LogP contribution in [0, 0.1) is 0 Å². The molecular weight excluding hydrogens is 480 g/mol. The normalized spacial score (nSPS) is 11.6. The number of ether oxygens (including phenoxy) is 1. The van der Waals surface area contributed by atoms with Gasteiger partial charge in [-0.15, -0.1) is 0 Å². The van der Waals surface area contributed by atoms with E-state index in [1.54, 1.807) is 17.0 Å². The number of carbonyl (C=O) groups is 2. The van der Waals surface area contributed by atoms with Gasteiger partial charge in [0.15, 0.2) is 0 Å². The predicted octanol–water partition coefficient (Wildman–Crippen LogP) is 5.44. The first-order chi connectivity index (χ1) is 18.5. The Morgan fingerprint density at radius 1 is 0.868 bits per heavy atom. The van der Waals surface area contributed by atoms with Crippen molar-refractivity contribution >= 4 is 22.8 Å². The minimum Gasteiger partial charge on any atom is -0.508 e. The number of amides is 2. The van der Waals surface area contributed by atoms with Gasteiger partial charge in [-0.2, -0.15) is 0 Å². The highest BCUT2D eigenvalue weighted by Gasteiger charge is 2.22. The molecule has 0 radical (unpaired) electrons. The first-order valence-corrected chi connectivity index (χ1v) is 12.7. The first-order valence-electron chi connectivity index (χ1n) is 12.7. The molecule has 0 aromatic heterocycles. The molecule has 0 aliphatic carbocycles. The van der Waals surface area contributed by atoms with E-state index in [9.17, 15) is 14.7 Å². The highest BCUT2D eigenvalue weighted by Crippen LogP contribution is 2.25. The molecule has 7 heteroatoms. The van der Waals surface area contributed by atoms with Gasteiger partial charge in [0.2, 0.25) is 5.91 Å². The van der Waals surface area contributed by atoms with Gasteiger partial charge in [-0.05, 0) is 46.5 Å². The molecule has 0 bridgehead atoms. The molecule has 0 saturated heterocycles. The standard InChI is InChI=1S/C31H32N2O5/c34-29-13-7-6-9-24(29)17-19-33(30(35)16-18-32-31(36)37)21-27(22-38-28-11-2-1-3-12-28)26-15-14-23-8-4-5-10-25(23)20-26/h1-15,20,27,32,34H,16-19,21-22H2,(H,36,37). The van der Waals surface area contributed by atoms with Crippen LogP contribution in [0.3, 0.4) is 0 Å². The molecule has 7 nitrogen and oxygen atoms in total. The first kappa shape index (κ1) is 26.5. The molecule has 38 heavy (non-hydrogen) atoms. The number of carbonyl (C=O) groups excluding carboxylic acids is 1. The fourth-order valence-electron chi connectivity index (χ4n) is 4.43. The number of phenolic OH excluding ortho intramolecular Hbond substituents is 1. The van der Waals surface area contributed by atoms with E-state index in [-0.39, 0.29) is 30.5 Å². The monoisotopic (exact) mass is 512 g/mol. The van der Waals surface area contributed by atoms with Crippen LogP contribution < -0.4 is 10.1 Å². The molecule has 0 aliphatic rings. The van der Waals surface area contributed by atoms with Crippen molar-refractivity contribution in [3.8, 4) is 11.5 Å². The maximum Gasteiger partial charge on any atom is 0.404 e. The lowest BCUT2D eigenvalue weighted by molar-refractivity contribution is -0.131. The number of carboxylic acid groups (broad SMARTS) is 1. The molecule has 4 rings (SSSR count). The SMILES string of the molecule is O=C(O)NCCC(=O)N(CCc1ccccc1O)CC(COc1ccccc1)c1ccc2ccccc2c1. The van der Waals surface area contributed by atoms with Crippen LogP contribution in [0.4, 0.5) is 4.79 Å². The van der Waals surface area contributed by atoms with Crippen LogP contribution in [0.1, 0.15) is 23.5 Å². The molecular formula is C31H32N2O5. The van der Waals surface area contributed by atoms with Crippen molar-refractivity contribution in [2.75, 3.05) is 26.2 Å². The highest BCUT2D eigenvalue weighted by molar-refractivity contribution is 5.83. The molecule has 1 unspecified atom stereocenters. The number of rotatable bonds is 12. The number of fused-ring (bicyclic) bond motifs is 1. The number of hydrogen-bond acceptors (Lipinski definition) is 4. The summed E-state index contributed by atoms with van der Waals surface area (Å²) in [5.74, 6) is 0.627. The van der Waals surface area contributed by atoms with E-state index >= 15 is 0 Å². The molecule has 4 aromatic rings. The minimum absolute atomic E-state index is 0.0302. The second-order valence-electron chi connectivity index (χ2n) is 9.13. The molecule has 0 heterocycles. The quantitative estimate of drug-likeness (QED) is 0.235. The molecule has 4 aromatic carbocycles. The zero-order chi connectivity index (χ0) is 26.7. The average molecular weight is 513 g/mol. The molecule has 0 fully saturated rings. The van der Waals surface area contributed by atoms with Gasteiger partial charge in [0, 0.05) is 32.0 Å². The third kappa shape index (κ3) is 7.49. The lowest BCUT2D eigenvalue weighted by Gasteiger charge is -2.29. The average Bonchev–Trinajstić information content (AvgIpc) is 2.93. The van der Waals surface area contributed by atoms with E-state index in [1.807, 2.05) is 54.6 Å². The van der Waals surface area contributed by atoms with Crippen molar-refractivity contribution in [1.82, 2.24) is 10.2 Å². The molecule has 0 aliphatic heterocycles. The lowest BCUT2D eigenvalue weighted by atomic mass is 9.95. The number of nitrogens with one attached hydrogen (secondary N) is 1. The van der Waals surface area contributed by atoms with E-state index in [0.29, 0.717) is 26.1 Å². The van der Waals surface area contributed by atoms with Crippen molar-refractivity contribution in [3.05, 3.63) is 108 Å². The van der Waals surface area contributed by atoms with Gasteiger partial charge < -0.3 is 25.2 Å². The molecule has 0 saturated carbocycles. The lowest BCUT2D eigenvalue weighted by Crippen LogP contribution is -2.39. The Kier molecular flexibility index (Phi) is 9.18. The number of hydrogen-bond donors (Lipinski definition) is 3. The third-order valence-electron chi connectivity index (χ3n) is 6.49. The van der Waals surface area contributed by atoms with E-state index in [4.69, 9.17) is 9.84 Å². The third-order valence-corrected chi connectivity index (χ3v) is 6.49. The summed E-state index contributed by atoms with van der Waals surface area (Å²) in [7, 11) is 0. The Balaban J connectivity index is 1.58. The van der Waals surface area contributed by atoms with Gasteiger partial charge in [-0.3, -0.25) is 4.79 Å². The Morgan fingerprint density at radius 3 is 2.34 bits per heavy atom. The maximum absolute atomic E-state index is 13.3. The van der Waals surface area contributed by atoms with E-state index in [0.717, 1.165) is 27.6 Å². The summed E-state index contributed by atoms with van der Waals surface area (Å²) in [5.41, 5.74) is 1.79. The van der Waals surface area contributed by atoms with Crippen molar-refractivity contribution < 1.29 is 24.5 Å². The number of benzene rings is 4. The van der Waals surface area contributed by atoms with Gasteiger partial charge in [0.05, 0.1) is 6.61 Å². The summed E-state index contributed by atoms with van der Waals surface area (Å²) in [6.07, 6.45) is -0.657. The second-order valence-corrected chi connectivity index (χ2v) is 9.13. The van der Waals surface area contributed by atoms with Gasteiger partial charge in [0.1, 0.15) is 11.5 Å². The smallest absolute Gasteiger partial charge is 0.404 e. The van der Waals surface area contributed by atoms with E-state index in [1.165, 1.54) is 0 Å². The zero-order valence-corrected chi connectivity index (χ0v) is 21.1. The van der Waals surface area contributed by atoms with Crippen LogP contribution in [0.5, 0.6) is 11.5 Å². The molecule has 3 N–H and O–H groups in total. The summed E-state index contributed by atoms with van der Waals surface area (Å²) in [6, 6.07) is 31.0. The molecule has 196 valence electrons. The van der Waals surface area contributed by atoms with Crippen molar-refractivity contribution in [1.29, 1.82) is 0 Å². The predicted molar refractivity (Wildman–Crippen MR) is 148 cm³/mol. The summed E-state index contributed by atoms with van der Waals surface area (Å²) >= 11 is 0. The van der Waals surface area contributed by atoms with Crippen molar-refractivity contribution in [3.63, 3.8) is 0 Å². The van der Waals surface area contributed by atoms with Crippen LogP contribution in [0.2, 0.25) is 0 Å². The Hall–Kier alpha value is -4.52. The largest absolute Gasteiger partial charge is 0.508 e. The fourth-order valence-corrected chi connectivity index (χ4v) is 4.43. The summed E-state index contributed by atoms with van der Waals surface area (Å²) in [4.78, 5) is 25.9. The van der Waals surface area contributed by atoms with Gasteiger partial charge >= 0.3 is 6.09 Å². The maximum atomic E-state index is 13.3. The second kappa shape index (κ2) is 13.1. The molecule has 0 spiro atoms. The van der Waals surface area contributed by atoms with Gasteiger partial charge in [-0.25, -0.2) is 4.79 Å². The summed E-state index contributed by atoms with van der Waals surface area (Å²) in [6.45, 7) is 1.14.